The normalized spacial score (nSPS) is 25.6. The maximum Gasteiger partial charge on any atom is 0.417 e. The monoisotopic (exact) mass is 516 g/mol. The van der Waals surface area contributed by atoms with E-state index in [1.165, 1.54) is 0 Å². The number of nitrogens with two attached hydrogens (primary N) is 1. The van der Waals surface area contributed by atoms with Crippen molar-refractivity contribution in [3.63, 3.8) is 0 Å². The Bertz CT molecular complexity index is 1380. The van der Waals surface area contributed by atoms with Gasteiger partial charge in [-0.05, 0) is 49.1 Å². The summed E-state index contributed by atoms with van der Waals surface area (Å²) in [6, 6.07) is 4.24. The number of H-pyrrole nitrogens is 1. The number of aryl methyl sites for hydroxylation is 1. The quantitative estimate of drug-likeness (QED) is 0.453. The van der Waals surface area contributed by atoms with Crippen LogP contribution in [0.2, 0.25) is 0 Å². The highest BCUT2D eigenvalue weighted by Gasteiger charge is 2.61. The standard InChI is InChI=1S/C25H27F3N6O3/c1-13-6-14(15-8-19-21(30-11-15)32-22(29)31-19)7-16-12-33(4-5-37-20(13)16)23(35)34-17-2-3-18(34)10-24(36,9-17)25(26,27)28/h6-8,11,17-18,36H,2-5,9-10,12H2,1H3,(H3,29,30,31,32). The van der Waals surface area contributed by atoms with E-state index in [9.17, 15) is 23.1 Å². The summed E-state index contributed by atoms with van der Waals surface area (Å²) in [5, 5.41) is 10.3. The van der Waals surface area contributed by atoms with Crippen LogP contribution >= 0.6 is 0 Å². The highest BCUT2D eigenvalue weighted by atomic mass is 19.4. The number of ether oxygens (including phenoxy) is 1. The first-order valence-electron chi connectivity index (χ1n) is 12.3. The number of halogens is 3. The molecule has 0 spiro atoms. The van der Waals surface area contributed by atoms with Crippen molar-refractivity contribution in [2.45, 2.75) is 63.0 Å². The van der Waals surface area contributed by atoms with Crippen LogP contribution in [-0.2, 0) is 6.54 Å². The molecule has 0 saturated carbocycles. The van der Waals surface area contributed by atoms with Crippen LogP contribution in [0.3, 0.4) is 0 Å². The number of anilines is 1. The smallest absolute Gasteiger partial charge is 0.417 e. The lowest BCUT2D eigenvalue weighted by Gasteiger charge is -2.45. The van der Waals surface area contributed by atoms with Crippen molar-refractivity contribution < 1.29 is 27.8 Å². The van der Waals surface area contributed by atoms with Gasteiger partial charge in [-0.2, -0.15) is 18.2 Å². The van der Waals surface area contributed by atoms with Gasteiger partial charge in [0.15, 0.2) is 17.2 Å². The highest BCUT2D eigenvalue weighted by molar-refractivity contribution is 5.80. The molecule has 0 aliphatic carbocycles. The zero-order chi connectivity index (χ0) is 26.1. The van der Waals surface area contributed by atoms with Crippen LogP contribution in [0.4, 0.5) is 23.9 Å². The summed E-state index contributed by atoms with van der Waals surface area (Å²) in [5.41, 5.74) is 7.64. The summed E-state index contributed by atoms with van der Waals surface area (Å²) < 4.78 is 46.5. The molecular weight excluding hydrogens is 489 g/mol. The van der Waals surface area contributed by atoms with Crippen LogP contribution in [0, 0.1) is 6.92 Å². The number of imidazole rings is 1. The summed E-state index contributed by atoms with van der Waals surface area (Å²) in [6.07, 6.45) is -3.09. The summed E-state index contributed by atoms with van der Waals surface area (Å²) in [5.74, 6) is 0.979. The zero-order valence-electron chi connectivity index (χ0n) is 20.2. The van der Waals surface area contributed by atoms with E-state index < -0.39 is 36.7 Å². The fraction of sp³-hybridized carbons (Fsp3) is 0.480. The Labute approximate surface area is 210 Å². The van der Waals surface area contributed by atoms with Gasteiger partial charge in [0, 0.05) is 42.2 Å². The van der Waals surface area contributed by atoms with E-state index in [0.29, 0.717) is 36.3 Å². The predicted molar refractivity (Wildman–Crippen MR) is 129 cm³/mol. The number of nitrogen functional groups attached to an aromatic ring is 1. The lowest BCUT2D eigenvalue weighted by atomic mass is 9.85. The van der Waals surface area contributed by atoms with Crippen LogP contribution in [0.25, 0.3) is 22.3 Å². The van der Waals surface area contributed by atoms with E-state index in [1.807, 2.05) is 25.1 Å². The van der Waals surface area contributed by atoms with Gasteiger partial charge in [-0.25, -0.2) is 9.78 Å². The predicted octanol–water partition coefficient (Wildman–Crippen LogP) is 3.75. The number of aromatic nitrogens is 3. The lowest BCUT2D eigenvalue weighted by molar-refractivity contribution is -0.277. The summed E-state index contributed by atoms with van der Waals surface area (Å²) in [7, 11) is 0. The molecule has 2 amide bonds. The number of nitrogens with one attached hydrogen (secondary N) is 1. The number of nitrogens with zero attached hydrogens (tertiary/aromatic N) is 4. The largest absolute Gasteiger partial charge is 0.491 e. The number of carbonyl (C=O) groups is 1. The molecule has 6 rings (SSSR count). The molecule has 2 bridgehead atoms. The minimum absolute atomic E-state index is 0.259. The number of piperidine rings is 1. The molecule has 2 saturated heterocycles. The van der Waals surface area contributed by atoms with Gasteiger partial charge in [0.05, 0.1) is 18.6 Å². The van der Waals surface area contributed by atoms with E-state index in [2.05, 4.69) is 15.0 Å². The minimum Gasteiger partial charge on any atom is -0.491 e. The second-order valence-corrected chi connectivity index (χ2v) is 10.3. The number of fused-ring (bicyclic) bond motifs is 4. The van der Waals surface area contributed by atoms with E-state index in [4.69, 9.17) is 10.5 Å². The third kappa shape index (κ3) is 3.94. The number of urea groups is 1. The number of benzene rings is 1. The molecule has 4 N–H and O–H groups in total. The summed E-state index contributed by atoms with van der Waals surface area (Å²) in [4.78, 5) is 28.3. The molecule has 196 valence electrons. The molecule has 2 atom stereocenters. The molecular formula is C25H27F3N6O3. The number of pyridine rings is 1. The van der Waals surface area contributed by atoms with Gasteiger partial charge in [-0.15, -0.1) is 0 Å². The van der Waals surface area contributed by atoms with Crippen molar-refractivity contribution in [1.29, 1.82) is 0 Å². The molecule has 1 aromatic carbocycles. The SMILES string of the molecule is Cc1cc(-c2cnc3nc(N)[nH]c3c2)cc2c1OCCN(C(=O)N1C3CCC1CC(O)(C(F)(F)F)C3)C2. The molecule has 9 nitrogen and oxygen atoms in total. The van der Waals surface area contributed by atoms with Crippen LogP contribution < -0.4 is 10.5 Å². The average molecular weight is 517 g/mol. The van der Waals surface area contributed by atoms with Gasteiger partial charge in [-0.1, -0.05) is 0 Å². The number of carbonyl (C=O) groups excluding carboxylic acids is 1. The van der Waals surface area contributed by atoms with E-state index in [-0.39, 0.29) is 25.1 Å². The van der Waals surface area contributed by atoms with Gasteiger partial charge in [0.1, 0.15) is 12.4 Å². The molecule has 5 heterocycles. The number of alkyl halides is 3. The van der Waals surface area contributed by atoms with Crippen molar-refractivity contribution in [3.8, 4) is 16.9 Å². The maximum absolute atomic E-state index is 13.6. The Morgan fingerprint density at radius 3 is 2.65 bits per heavy atom. The van der Waals surface area contributed by atoms with E-state index in [1.54, 1.807) is 16.0 Å². The number of hydrogen-bond acceptors (Lipinski definition) is 6. The number of aliphatic hydroxyl groups is 1. The molecule has 2 fully saturated rings. The second-order valence-electron chi connectivity index (χ2n) is 10.3. The van der Waals surface area contributed by atoms with Crippen molar-refractivity contribution in [2.75, 3.05) is 18.9 Å². The molecule has 37 heavy (non-hydrogen) atoms. The Morgan fingerprint density at radius 1 is 1.22 bits per heavy atom. The number of rotatable bonds is 1. The number of aromatic amines is 1. The molecule has 3 aliphatic rings. The highest BCUT2D eigenvalue weighted by Crippen LogP contribution is 2.48. The minimum atomic E-state index is -4.72. The first kappa shape index (κ1) is 23.8. The van der Waals surface area contributed by atoms with Crippen molar-refractivity contribution in [2.24, 2.45) is 0 Å². The molecule has 0 radical (unpaired) electrons. The Hall–Kier alpha value is -3.54. The average Bonchev–Trinajstić information content (AvgIpc) is 3.23. The van der Waals surface area contributed by atoms with Crippen LogP contribution in [-0.4, -0.2) is 72.9 Å². The Balaban J connectivity index is 1.28. The van der Waals surface area contributed by atoms with Crippen molar-refractivity contribution >= 4 is 23.1 Å². The fourth-order valence-electron chi connectivity index (χ4n) is 6.05. The second kappa shape index (κ2) is 8.23. The van der Waals surface area contributed by atoms with Gasteiger partial charge < -0.3 is 30.4 Å². The zero-order valence-corrected chi connectivity index (χ0v) is 20.2. The fourth-order valence-corrected chi connectivity index (χ4v) is 6.05. The van der Waals surface area contributed by atoms with E-state index >= 15 is 0 Å². The van der Waals surface area contributed by atoms with Crippen LogP contribution in [0.15, 0.2) is 24.4 Å². The van der Waals surface area contributed by atoms with Crippen LogP contribution in [0.1, 0.15) is 36.8 Å². The number of amides is 2. The van der Waals surface area contributed by atoms with Crippen LogP contribution in [0.5, 0.6) is 5.75 Å². The molecule has 3 aliphatic heterocycles. The molecule has 2 aromatic heterocycles. The number of hydrogen-bond donors (Lipinski definition) is 3. The first-order valence-corrected chi connectivity index (χ1v) is 12.3. The van der Waals surface area contributed by atoms with Crippen molar-refractivity contribution in [3.05, 3.63) is 35.5 Å². The Morgan fingerprint density at radius 2 is 1.95 bits per heavy atom. The van der Waals surface area contributed by atoms with Gasteiger partial charge in [-0.3, -0.25) is 0 Å². The van der Waals surface area contributed by atoms with Gasteiger partial charge >= 0.3 is 12.2 Å². The molecule has 3 aromatic rings. The van der Waals surface area contributed by atoms with E-state index in [0.717, 1.165) is 22.3 Å². The molecule has 2 unspecified atom stereocenters. The summed E-state index contributed by atoms with van der Waals surface area (Å²) in [6.45, 7) is 2.77. The maximum atomic E-state index is 13.6. The van der Waals surface area contributed by atoms with Crippen molar-refractivity contribution in [1.82, 2.24) is 24.8 Å². The van der Waals surface area contributed by atoms with Gasteiger partial charge in [0.2, 0.25) is 0 Å². The third-order valence-corrected chi connectivity index (χ3v) is 7.80. The summed E-state index contributed by atoms with van der Waals surface area (Å²) >= 11 is 0. The molecule has 12 heteroatoms. The first-order chi connectivity index (χ1) is 17.5. The van der Waals surface area contributed by atoms with Gasteiger partial charge in [0.25, 0.3) is 0 Å². The lowest BCUT2D eigenvalue weighted by Crippen LogP contribution is -2.60. The third-order valence-electron chi connectivity index (χ3n) is 7.80. The topological polar surface area (TPSA) is 121 Å². The Kier molecular flexibility index (Phi) is 5.30.